The molecule has 1 spiro atoms. The van der Waals surface area contributed by atoms with E-state index in [2.05, 4.69) is 29.6 Å². The molecule has 0 radical (unpaired) electrons. The highest BCUT2D eigenvalue weighted by molar-refractivity contribution is 6.58. The molecule has 3 aliphatic rings. The highest BCUT2D eigenvalue weighted by Crippen LogP contribution is 2.35. The van der Waals surface area contributed by atoms with Crippen molar-refractivity contribution in [2.75, 3.05) is 13.1 Å². The van der Waals surface area contributed by atoms with Gasteiger partial charge < -0.3 is 26.0 Å². The van der Waals surface area contributed by atoms with E-state index >= 15 is 0 Å². The molecule has 0 bridgehead atoms. The number of carbonyl (C=O) groups excluding carboxylic acids is 1. The molecule has 7 heteroatoms. The summed E-state index contributed by atoms with van der Waals surface area (Å²) < 4.78 is 0. The standard InChI is InChI=1S/C32H46BN3O3/c34-22-24-10-9-11-26(18-24)25-12-16-36(17-13-25)31(37)29-20-28(33(38)39)19-27-21-32(35-23-30(27)29)14-7-5-3-1-2-4-6-8-15-32/h9-11,18-20,25,35,38-39H,1-8,12-17,21-23,34H2. The topological polar surface area (TPSA) is 98.8 Å². The van der Waals surface area contributed by atoms with E-state index in [9.17, 15) is 14.8 Å². The normalized spacial score (nSPS) is 20.7. The minimum absolute atomic E-state index is 0.0168. The van der Waals surface area contributed by atoms with Gasteiger partial charge in [0.05, 0.1) is 0 Å². The number of benzene rings is 2. The van der Waals surface area contributed by atoms with Crippen LogP contribution in [0.3, 0.4) is 0 Å². The first-order chi connectivity index (χ1) is 19.0. The molecule has 1 saturated heterocycles. The molecule has 2 aromatic rings. The third-order valence-electron chi connectivity index (χ3n) is 9.56. The zero-order valence-electron chi connectivity index (χ0n) is 23.5. The van der Waals surface area contributed by atoms with Crippen LogP contribution in [0.2, 0.25) is 0 Å². The Morgan fingerprint density at radius 2 is 1.64 bits per heavy atom. The summed E-state index contributed by atoms with van der Waals surface area (Å²) in [6.45, 7) is 2.61. The van der Waals surface area contributed by atoms with Crippen molar-refractivity contribution in [3.63, 3.8) is 0 Å². The Bertz CT molecular complexity index is 1120. The number of amides is 1. The quantitative estimate of drug-likeness (QED) is 0.445. The van der Waals surface area contributed by atoms with Crippen molar-refractivity contribution < 1.29 is 14.8 Å². The minimum Gasteiger partial charge on any atom is -0.423 e. The summed E-state index contributed by atoms with van der Waals surface area (Å²) in [4.78, 5) is 15.9. The molecule has 2 aliphatic heterocycles. The number of hydrogen-bond donors (Lipinski definition) is 4. The summed E-state index contributed by atoms with van der Waals surface area (Å²) in [5.74, 6) is 0.446. The molecule has 1 amide bonds. The Kier molecular flexibility index (Phi) is 9.44. The van der Waals surface area contributed by atoms with Crippen molar-refractivity contribution in [1.29, 1.82) is 0 Å². The number of rotatable bonds is 4. The van der Waals surface area contributed by atoms with Gasteiger partial charge in [0.1, 0.15) is 0 Å². The van der Waals surface area contributed by atoms with Crippen molar-refractivity contribution in [2.24, 2.45) is 5.73 Å². The molecule has 6 nitrogen and oxygen atoms in total. The molecule has 5 N–H and O–H groups in total. The number of hydrogen-bond acceptors (Lipinski definition) is 5. The third kappa shape index (κ3) is 6.76. The van der Waals surface area contributed by atoms with E-state index in [0.29, 0.717) is 43.1 Å². The van der Waals surface area contributed by atoms with Crippen LogP contribution in [-0.2, 0) is 19.5 Å². The fourth-order valence-electron chi connectivity index (χ4n) is 7.19. The van der Waals surface area contributed by atoms with Crippen LogP contribution in [0.25, 0.3) is 0 Å². The Morgan fingerprint density at radius 3 is 2.28 bits per heavy atom. The van der Waals surface area contributed by atoms with Crippen LogP contribution < -0.4 is 16.5 Å². The second kappa shape index (κ2) is 13.0. The van der Waals surface area contributed by atoms with Crippen LogP contribution in [0.1, 0.15) is 116 Å². The highest BCUT2D eigenvalue weighted by atomic mass is 16.4. The lowest BCUT2D eigenvalue weighted by Gasteiger charge is -2.41. The summed E-state index contributed by atoms with van der Waals surface area (Å²) in [6.07, 6.45) is 15.3. The molecule has 39 heavy (non-hydrogen) atoms. The predicted octanol–water partition coefficient (Wildman–Crippen LogP) is 4.14. The largest absolute Gasteiger partial charge is 0.488 e. The summed E-state index contributed by atoms with van der Waals surface area (Å²) in [6, 6.07) is 12.2. The van der Waals surface area contributed by atoms with Gasteiger partial charge in [0.15, 0.2) is 0 Å². The van der Waals surface area contributed by atoms with Crippen LogP contribution in [0, 0.1) is 0 Å². The zero-order valence-corrected chi connectivity index (χ0v) is 23.5. The molecule has 2 fully saturated rings. The van der Waals surface area contributed by atoms with Crippen molar-refractivity contribution in [3.05, 3.63) is 64.2 Å². The fraction of sp³-hybridized carbons (Fsp3) is 0.594. The molecule has 5 rings (SSSR count). The lowest BCUT2D eigenvalue weighted by atomic mass is 9.72. The number of nitrogens with one attached hydrogen (secondary N) is 1. The first-order valence-corrected chi connectivity index (χ1v) is 15.3. The molecule has 0 aromatic heterocycles. The molecular formula is C32H46BN3O3. The number of fused-ring (bicyclic) bond motifs is 1. The number of carbonyl (C=O) groups is 1. The van der Waals surface area contributed by atoms with Gasteiger partial charge in [-0.3, -0.25) is 4.79 Å². The smallest absolute Gasteiger partial charge is 0.423 e. The summed E-state index contributed by atoms with van der Waals surface area (Å²) >= 11 is 0. The fourth-order valence-corrected chi connectivity index (χ4v) is 7.19. The van der Waals surface area contributed by atoms with E-state index < -0.39 is 7.12 Å². The maximum absolute atomic E-state index is 13.9. The molecule has 0 unspecified atom stereocenters. The van der Waals surface area contributed by atoms with E-state index in [-0.39, 0.29) is 11.4 Å². The zero-order chi connectivity index (χ0) is 27.2. The SMILES string of the molecule is NCc1cccc(C2CCN(C(=O)c3cc(B(O)O)cc4c3CNC3(CCCCCCCCCC3)C4)CC2)c1. The monoisotopic (exact) mass is 531 g/mol. The number of nitrogens with two attached hydrogens (primary N) is 1. The molecule has 2 heterocycles. The maximum Gasteiger partial charge on any atom is 0.488 e. The molecule has 1 saturated carbocycles. The van der Waals surface area contributed by atoms with Gasteiger partial charge in [-0.05, 0) is 71.8 Å². The van der Waals surface area contributed by atoms with Gasteiger partial charge in [0.2, 0.25) is 0 Å². The minimum atomic E-state index is -1.58. The predicted molar refractivity (Wildman–Crippen MR) is 158 cm³/mol. The molecular weight excluding hydrogens is 485 g/mol. The first kappa shape index (κ1) is 28.3. The Morgan fingerprint density at radius 1 is 0.974 bits per heavy atom. The van der Waals surface area contributed by atoms with Crippen LogP contribution in [0.15, 0.2) is 36.4 Å². The van der Waals surface area contributed by atoms with E-state index in [1.165, 1.54) is 56.9 Å². The van der Waals surface area contributed by atoms with E-state index in [0.717, 1.165) is 48.8 Å². The molecule has 2 aromatic carbocycles. The number of nitrogens with zero attached hydrogens (tertiary/aromatic N) is 1. The van der Waals surface area contributed by atoms with E-state index in [1.807, 2.05) is 11.0 Å². The summed E-state index contributed by atoms with van der Waals surface area (Å²) in [5.41, 5.74) is 11.6. The van der Waals surface area contributed by atoms with Gasteiger partial charge in [-0.25, -0.2) is 0 Å². The number of likely N-dealkylation sites (tertiary alicyclic amines) is 1. The molecule has 210 valence electrons. The lowest BCUT2D eigenvalue weighted by Crippen LogP contribution is -2.51. The van der Waals surface area contributed by atoms with Gasteiger partial charge in [0.25, 0.3) is 5.91 Å². The third-order valence-corrected chi connectivity index (χ3v) is 9.56. The average molecular weight is 532 g/mol. The van der Waals surface area contributed by atoms with Gasteiger partial charge in [-0.15, -0.1) is 0 Å². The van der Waals surface area contributed by atoms with Gasteiger partial charge in [-0.1, -0.05) is 81.7 Å². The van der Waals surface area contributed by atoms with Crippen LogP contribution in [-0.4, -0.2) is 46.6 Å². The Hall–Kier alpha value is -2.19. The van der Waals surface area contributed by atoms with Gasteiger partial charge in [-0.2, -0.15) is 0 Å². The Balaban J connectivity index is 1.34. The molecule has 0 atom stereocenters. The first-order valence-electron chi connectivity index (χ1n) is 15.3. The van der Waals surface area contributed by atoms with Crippen LogP contribution >= 0.6 is 0 Å². The summed E-state index contributed by atoms with van der Waals surface area (Å²) in [7, 11) is -1.58. The molecule has 1 aliphatic carbocycles. The highest BCUT2D eigenvalue weighted by Gasteiger charge is 2.36. The lowest BCUT2D eigenvalue weighted by molar-refractivity contribution is 0.0710. The number of piperidine rings is 1. The maximum atomic E-state index is 13.9. The van der Waals surface area contributed by atoms with E-state index in [4.69, 9.17) is 5.73 Å². The van der Waals surface area contributed by atoms with Crippen molar-refractivity contribution in [2.45, 2.75) is 108 Å². The van der Waals surface area contributed by atoms with Crippen molar-refractivity contribution >= 4 is 18.5 Å². The average Bonchev–Trinajstić information content (AvgIpc) is 3.02. The van der Waals surface area contributed by atoms with Crippen LogP contribution in [0.4, 0.5) is 0 Å². The van der Waals surface area contributed by atoms with E-state index in [1.54, 1.807) is 6.07 Å². The van der Waals surface area contributed by atoms with Gasteiger partial charge in [0, 0.05) is 37.3 Å². The Labute approximate surface area is 234 Å². The summed E-state index contributed by atoms with van der Waals surface area (Å²) in [5, 5.41) is 24.2. The van der Waals surface area contributed by atoms with Crippen molar-refractivity contribution in [3.8, 4) is 0 Å². The van der Waals surface area contributed by atoms with Gasteiger partial charge >= 0.3 is 7.12 Å². The second-order valence-corrected chi connectivity index (χ2v) is 12.2. The second-order valence-electron chi connectivity index (χ2n) is 12.2. The van der Waals surface area contributed by atoms with Crippen LogP contribution in [0.5, 0.6) is 0 Å². The van der Waals surface area contributed by atoms with Crippen molar-refractivity contribution in [1.82, 2.24) is 10.2 Å².